The molecule has 26 heavy (non-hydrogen) atoms. The molecule has 0 aliphatic carbocycles. The Morgan fingerprint density at radius 3 is 2.77 bits per heavy atom. The predicted octanol–water partition coefficient (Wildman–Crippen LogP) is 2.77. The average molecular weight is 394 g/mol. The van der Waals surface area contributed by atoms with Gasteiger partial charge in [0.25, 0.3) is 0 Å². The first-order valence-electron chi connectivity index (χ1n) is 7.96. The fourth-order valence-corrected chi connectivity index (χ4v) is 4.42. The molecule has 1 unspecified atom stereocenters. The Labute approximate surface area is 158 Å². The molecular formula is C18H14Cl2FN3O2. The number of halogens is 3. The lowest BCUT2D eigenvalue weighted by atomic mass is 9.72. The fourth-order valence-electron chi connectivity index (χ4n) is 4.07. The third-order valence-corrected chi connectivity index (χ3v) is 5.69. The van der Waals surface area contributed by atoms with Gasteiger partial charge in [-0.3, -0.25) is 14.9 Å². The van der Waals surface area contributed by atoms with Crippen molar-refractivity contribution in [2.24, 2.45) is 11.7 Å². The third-order valence-electron chi connectivity index (χ3n) is 5.16. The molecule has 2 aliphatic rings. The molecule has 0 bridgehead atoms. The fraction of sp³-hybridized carbons (Fsp3) is 0.222. The maximum atomic E-state index is 14.8. The largest absolute Gasteiger partial charge is 0.369 e. The van der Waals surface area contributed by atoms with Gasteiger partial charge in [0.05, 0.1) is 10.9 Å². The van der Waals surface area contributed by atoms with E-state index in [1.807, 2.05) is 0 Å². The van der Waals surface area contributed by atoms with Gasteiger partial charge in [-0.2, -0.15) is 0 Å². The van der Waals surface area contributed by atoms with Crippen LogP contribution in [0.3, 0.4) is 0 Å². The standard InChI is InChI=1S/C18H14Cl2FN3O2/c19-8-4-5-11-13(6-8)24-17(26)18(11)14(10(7-23-18)16(22)25)9-2-1-3-12(20)15(9)21/h1-6,10,14,23H,7H2,(H2,22,25)(H,24,26)/t10?,14-,18+/m0/s1. The highest BCUT2D eigenvalue weighted by Crippen LogP contribution is 2.53. The Morgan fingerprint density at radius 1 is 1.27 bits per heavy atom. The van der Waals surface area contributed by atoms with Gasteiger partial charge in [0.2, 0.25) is 11.8 Å². The number of amides is 2. The van der Waals surface area contributed by atoms with Crippen LogP contribution in [0.5, 0.6) is 0 Å². The summed E-state index contributed by atoms with van der Waals surface area (Å²) < 4.78 is 14.8. The number of rotatable bonds is 2. The first-order chi connectivity index (χ1) is 12.4. The normalized spacial score (nSPS) is 26.8. The molecule has 1 saturated heterocycles. The van der Waals surface area contributed by atoms with Crippen LogP contribution in [-0.4, -0.2) is 18.4 Å². The van der Waals surface area contributed by atoms with Gasteiger partial charge in [-0.15, -0.1) is 0 Å². The second-order valence-electron chi connectivity index (χ2n) is 6.46. The van der Waals surface area contributed by atoms with E-state index in [9.17, 15) is 14.0 Å². The molecule has 2 aliphatic heterocycles. The van der Waals surface area contributed by atoms with Crippen LogP contribution < -0.4 is 16.4 Å². The van der Waals surface area contributed by atoms with Gasteiger partial charge in [-0.1, -0.05) is 41.4 Å². The van der Waals surface area contributed by atoms with Crippen molar-refractivity contribution in [3.05, 3.63) is 63.4 Å². The van der Waals surface area contributed by atoms with E-state index in [4.69, 9.17) is 28.9 Å². The number of nitrogens with one attached hydrogen (secondary N) is 2. The summed E-state index contributed by atoms with van der Waals surface area (Å²) in [5, 5.41) is 6.26. The topological polar surface area (TPSA) is 84.2 Å². The molecule has 5 nitrogen and oxygen atoms in total. The molecule has 2 heterocycles. The van der Waals surface area contributed by atoms with Crippen LogP contribution in [0, 0.1) is 11.7 Å². The highest BCUT2D eigenvalue weighted by atomic mass is 35.5. The SMILES string of the molecule is NC(=O)C1CN[C@@]2(C(=O)Nc3cc(Cl)ccc32)[C@H]1c1cccc(Cl)c1F. The summed E-state index contributed by atoms with van der Waals surface area (Å²) in [6.45, 7) is 0.140. The van der Waals surface area contributed by atoms with Gasteiger partial charge in [0, 0.05) is 28.7 Å². The highest BCUT2D eigenvalue weighted by Gasteiger charge is 2.60. The van der Waals surface area contributed by atoms with E-state index in [0.717, 1.165) is 0 Å². The number of carbonyl (C=O) groups excluding carboxylic acids is 2. The summed E-state index contributed by atoms with van der Waals surface area (Å²) >= 11 is 12.0. The van der Waals surface area contributed by atoms with Crippen LogP contribution in [-0.2, 0) is 15.1 Å². The van der Waals surface area contributed by atoms with Crippen molar-refractivity contribution in [1.82, 2.24) is 5.32 Å². The van der Waals surface area contributed by atoms with E-state index in [-0.39, 0.29) is 23.0 Å². The first-order valence-corrected chi connectivity index (χ1v) is 8.71. The predicted molar refractivity (Wildman–Crippen MR) is 96.6 cm³/mol. The molecule has 0 aromatic heterocycles. The summed E-state index contributed by atoms with van der Waals surface area (Å²) in [5.74, 6) is -3.29. The lowest BCUT2D eigenvalue weighted by molar-refractivity contribution is -0.123. The van der Waals surface area contributed by atoms with E-state index < -0.39 is 29.1 Å². The number of hydrogen-bond acceptors (Lipinski definition) is 3. The quantitative estimate of drug-likeness (QED) is 0.733. The van der Waals surface area contributed by atoms with Crippen LogP contribution in [0.15, 0.2) is 36.4 Å². The van der Waals surface area contributed by atoms with Crippen LogP contribution in [0.1, 0.15) is 17.0 Å². The number of primary amides is 1. The zero-order chi connectivity index (χ0) is 18.6. The van der Waals surface area contributed by atoms with Crippen molar-refractivity contribution < 1.29 is 14.0 Å². The minimum Gasteiger partial charge on any atom is -0.369 e. The summed E-state index contributed by atoms with van der Waals surface area (Å²) in [4.78, 5) is 25.1. The van der Waals surface area contributed by atoms with Crippen molar-refractivity contribution >= 4 is 40.7 Å². The maximum absolute atomic E-state index is 14.8. The van der Waals surface area contributed by atoms with Gasteiger partial charge >= 0.3 is 0 Å². The zero-order valence-corrected chi connectivity index (χ0v) is 14.9. The number of benzene rings is 2. The van der Waals surface area contributed by atoms with Gasteiger partial charge in [-0.05, 0) is 23.8 Å². The van der Waals surface area contributed by atoms with Crippen molar-refractivity contribution in [2.75, 3.05) is 11.9 Å². The third kappa shape index (κ3) is 2.26. The van der Waals surface area contributed by atoms with Crippen molar-refractivity contribution in [3.8, 4) is 0 Å². The van der Waals surface area contributed by atoms with Crippen molar-refractivity contribution in [2.45, 2.75) is 11.5 Å². The lowest BCUT2D eigenvalue weighted by Crippen LogP contribution is -2.47. The zero-order valence-electron chi connectivity index (χ0n) is 13.4. The summed E-state index contributed by atoms with van der Waals surface area (Å²) in [6.07, 6.45) is 0. The molecule has 0 saturated carbocycles. The Morgan fingerprint density at radius 2 is 2.04 bits per heavy atom. The average Bonchev–Trinajstić information content (AvgIpc) is 3.10. The molecule has 2 aromatic rings. The second kappa shape index (κ2) is 5.94. The Balaban J connectivity index is 1.98. The van der Waals surface area contributed by atoms with E-state index >= 15 is 0 Å². The number of nitrogens with two attached hydrogens (primary N) is 1. The number of anilines is 1. The van der Waals surface area contributed by atoms with Crippen LogP contribution in [0.25, 0.3) is 0 Å². The second-order valence-corrected chi connectivity index (χ2v) is 7.31. The molecule has 1 spiro atoms. The molecule has 4 N–H and O–H groups in total. The summed E-state index contributed by atoms with van der Waals surface area (Å²) in [6, 6.07) is 9.48. The van der Waals surface area contributed by atoms with Gasteiger partial charge in [-0.25, -0.2) is 4.39 Å². The molecule has 4 rings (SSSR count). The van der Waals surface area contributed by atoms with Crippen LogP contribution in [0.2, 0.25) is 10.0 Å². The van der Waals surface area contributed by atoms with Crippen molar-refractivity contribution in [1.29, 1.82) is 0 Å². The molecule has 0 radical (unpaired) electrons. The number of fused-ring (bicyclic) bond motifs is 2. The van der Waals surface area contributed by atoms with E-state index in [1.165, 1.54) is 12.1 Å². The minimum absolute atomic E-state index is 0.0810. The minimum atomic E-state index is -1.33. The van der Waals surface area contributed by atoms with Crippen LogP contribution >= 0.6 is 23.2 Å². The number of carbonyl (C=O) groups is 2. The van der Waals surface area contributed by atoms with E-state index in [2.05, 4.69) is 10.6 Å². The lowest BCUT2D eigenvalue weighted by Gasteiger charge is -2.32. The molecule has 3 atom stereocenters. The molecular weight excluding hydrogens is 380 g/mol. The van der Waals surface area contributed by atoms with Crippen molar-refractivity contribution in [3.63, 3.8) is 0 Å². The summed E-state index contributed by atoms with van der Waals surface area (Å²) in [5.41, 5.74) is 5.53. The van der Waals surface area contributed by atoms with E-state index in [1.54, 1.807) is 24.3 Å². The molecule has 2 amide bonds. The highest BCUT2D eigenvalue weighted by molar-refractivity contribution is 6.31. The molecule has 8 heteroatoms. The summed E-state index contributed by atoms with van der Waals surface area (Å²) in [7, 11) is 0. The van der Waals surface area contributed by atoms with Gasteiger partial charge in [0.15, 0.2) is 0 Å². The Bertz CT molecular complexity index is 952. The number of hydrogen-bond donors (Lipinski definition) is 3. The molecule has 134 valence electrons. The van der Waals surface area contributed by atoms with E-state index in [0.29, 0.717) is 16.3 Å². The Hall–Kier alpha value is -2.15. The van der Waals surface area contributed by atoms with Gasteiger partial charge in [0.1, 0.15) is 11.4 Å². The van der Waals surface area contributed by atoms with Crippen LogP contribution in [0.4, 0.5) is 10.1 Å². The smallest absolute Gasteiger partial charge is 0.250 e. The first kappa shape index (κ1) is 17.3. The maximum Gasteiger partial charge on any atom is 0.250 e. The molecule has 1 fully saturated rings. The Kier molecular flexibility index (Phi) is 3.95. The molecule has 2 aromatic carbocycles. The monoisotopic (exact) mass is 393 g/mol. The van der Waals surface area contributed by atoms with Gasteiger partial charge < -0.3 is 11.1 Å².